The highest BCUT2D eigenvalue weighted by molar-refractivity contribution is 6.15. The summed E-state index contributed by atoms with van der Waals surface area (Å²) in [6, 6.07) is 27.6. The zero-order valence-corrected chi connectivity index (χ0v) is 34.2. The van der Waals surface area contributed by atoms with Gasteiger partial charge in [0.15, 0.2) is 0 Å². The summed E-state index contributed by atoms with van der Waals surface area (Å²) in [5, 5.41) is 108. The molecular formula is C45H18N12O12. The number of nitriles is 3. The molecule has 0 saturated heterocycles. The van der Waals surface area contributed by atoms with Crippen molar-refractivity contribution in [1.29, 1.82) is 15.8 Å². The van der Waals surface area contributed by atoms with Crippen LogP contribution in [0.15, 0.2) is 109 Å². The Morgan fingerprint density at radius 2 is 0.464 bits per heavy atom. The second kappa shape index (κ2) is 14.9. The third kappa shape index (κ3) is 5.99. The van der Waals surface area contributed by atoms with Crippen LogP contribution >= 0.6 is 0 Å². The molecule has 0 spiro atoms. The van der Waals surface area contributed by atoms with E-state index in [-0.39, 0.29) is 82.5 Å². The molecule has 0 aliphatic heterocycles. The normalized spacial score (nSPS) is 11.3. The fourth-order valence-electron chi connectivity index (χ4n) is 9.10. The lowest BCUT2D eigenvalue weighted by atomic mass is 9.96. The van der Waals surface area contributed by atoms with Crippen LogP contribution in [0.2, 0.25) is 0 Å². The van der Waals surface area contributed by atoms with Gasteiger partial charge in [-0.3, -0.25) is 60.7 Å². The Morgan fingerprint density at radius 3 is 0.594 bits per heavy atom. The topological polar surface area (TPSA) is 345 Å². The van der Waals surface area contributed by atoms with E-state index in [2.05, 4.69) is 18.2 Å². The monoisotopic (exact) mass is 918 g/mol. The summed E-state index contributed by atoms with van der Waals surface area (Å²) in [5.41, 5.74) is -4.53. The van der Waals surface area contributed by atoms with Gasteiger partial charge in [-0.25, -0.2) is 0 Å². The highest BCUT2D eigenvalue weighted by Gasteiger charge is 2.34. The van der Waals surface area contributed by atoms with Gasteiger partial charge < -0.3 is 13.7 Å². The molecule has 0 amide bonds. The van der Waals surface area contributed by atoms with Gasteiger partial charge in [0, 0.05) is 105 Å². The zero-order valence-electron chi connectivity index (χ0n) is 34.2. The van der Waals surface area contributed by atoms with Gasteiger partial charge in [-0.1, -0.05) is 0 Å². The fourth-order valence-corrected chi connectivity index (χ4v) is 9.10. The maximum Gasteiger partial charge on any atom is 0.270 e. The van der Waals surface area contributed by atoms with Crippen LogP contribution in [0, 0.1) is 94.7 Å². The molecule has 3 aromatic heterocycles. The Balaban J connectivity index is 1.51. The molecular weight excluding hydrogens is 901 g/mol. The van der Waals surface area contributed by atoms with E-state index in [4.69, 9.17) is 0 Å². The molecule has 0 unspecified atom stereocenters. The molecule has 330 valence electrons. The molecule has 24 nitrogen and oxygen atoms in total. The number of hydrogen-bond acceptors (Lipinski definition) is 15. The molecule has 69 heavy (non-hydrogen) atoms. The lowest BCUT2D eigenvalue weighted by Crippen LogP contribution is -2.14. The Morgan fingerprint density at radius 1 is 0.304 bits per heavy atom. The van der Waals surface area contributed by atoms with Crippen molar-refractivity contribution in [3.63, 3.8) is 0 Å². The van der Waals surface area contributed by atoms with Crippen LogP contribution in [0.4, 0.5) is 34.1 Å². The Hall–Kier alpha value is -11.2. The SMILES string of the molecule is N#Cc1c(-n2c3ccc([N+](=O)[O-])cc3c3cc([N+](=O)[O-])ccc32)c(C#N)c(-n2c3ccc([N+](=O)[O-])cc3c3cc([N+](=O)[O-])ccc32)c(C#N)c1-n1c2ccc([N+](=O)[O-])cc2c2cc([N+](=O)[O-])ccc21. The van der Waals surface area contributed by atoms with E-state index < -0.39 is 80.4 Å². The van der Waals surface area contributed by atoms with Crippen LogP contribution in [-0.2, 0) is 0 Å². The molecule has 0 saturated carbocycles. The minimum absolute atomic E-state index is 0.0519. The summed E-state index contributed by atoms with van der Waals surface area (Å²) >= 11 is 0. The van der Waals surface area contributed by atoms with Crippen molar-refractivity contribution in [1.82, 2.24) is 13.7 Å². The van der Waals surface area contributed by atoms with Gasteiger partial charge in [-0.15, -0.1) is 0 Å². The smallest absolute Gasteiger partial charge is 0.270 e. The number of benzene rings is 7. The molecule has 0 aliphatic carbocycles. The van der Waals surface area contributed by atoms with Crippen LogP contribution in [0.5, 0.6) is 0 Å². The minimum atomic E-state index is -0.701. The number of nitrogens with zero attached hydrogens (tertiary/aromatic N) is 12. The van der Waals surface area contributed by atoms with Crippen LogP contribution in [0.3, 0.4) is 0 Å². The first-order valence-corrected chi connectivity index (χ1v) is 19.6. The van der Waals surface area contributed by atoms with Crippen molar-refractivity contribution < 1.29 is 29.5 Å². The van der Waals surface area contributed by atoms with Crippen molar-refractivity contribution in [2.24, 2.45) is 0 Å². The van der Waals surface area contributed by atoms with Gasteiger partial charge >= 0.3 is 0 Å². The van der Waals surface area contributed by atoms with Gasteiger partial charge in [0.1, 0.15) is 34.9 Å². The summed E-state index contributed by atoms with van der Waals surface area (Å²) < 4.78 is 4.03. The lowest BCUT2D eigenvalue weighted by Gasteiger charge is -2.23. The van der Waals surface area contributed by atoms with Crippen LogP contribution in [0.1, 0.15) is 16.7 Å². The van der Waals surface area contributed by atoms with Crippen molar-refractivity contribution in [2.45, 2.75) is 0 Å². The number of hydrogen-bond donors (Lipinski definition) is 0. The summed E-state index contributed by atoms with van der Waals surface area (Å²) in [7, 11) is 0. The molecule has 24 heteroatoms. The summed E-state index contributed by atoms with van der Waals surface area (Å²) in [4.78, 5) is 68.6. The lowest BCUT2D eigenvalue weighted by molar-refractivity contribution is -0.385. The van der Waals surface area contributed by atoms with Crippen molar-refractivity contribution in [2.75, 3.05) is 0 Å². The average molecular weight is 919 g/mol. The quantitative estimate of drug-likeness (QED) is 0.0959. The number of nitro benzene ring substituents is 6. The second-order valence-corrected chi connectivity index (χ2v) is 15.3. The van der Waals surface area contributed by atoms with Gasteiger partial charge in [-0.2, -0.15) is 15.8 Å². The predicted octanol–water partition coefficient (Wildman–Crippen LogP) is 10.0. The third-order valence-corrected chi connectivity index (χ3v) is 11.9. The summed E-state index contributed by atoms with van der Waals surface area (Å²) in [6.45, 7) is 0. The Kier molecular flexibility index (Phi) is 9.05. The molecule has 3 heterocycles. The summed E-state index contributed by atoms with van der Waals surface area (Å²) in [5.74, 6) is 0. The van der Waals surface area contributed by atoms with E-state index in [1.165, 1.54) is 50.1 Å². The van der Waals surface area contributed by atoms with E-state index in [1.54, 1.807) is 0 Å². The zero-order chi connectivity index (χ0) is 48.9. The van der Waals surface area contributed by atoms with Crippen molar-refractivity contribution >= 4 is 99.5 Å². The van der Waals surface area contributed by atoms with Crippen LogP contribution in [-0.4, -0.2) is 43.2 Å². The van der Waals surface area contributed by atoms with Crippen molar-refractivity contribution in [3.05, 3.63) is 187 Å². The number of rotatable bonds is 9. The molecule has 0 fully saturated rings. The van der Waals surface area contributed by atoms with Gasteiger partial charge in [-0.05, 0) is 36.4 Å². The maximum absolute atomic E-state index is 12.1. The first kappa shape index (κ1) is 41.8. The van der Waals surface area contributed by atoms with E-state index >= 15 is 0 Å². The molecule has 0 bridgehead atoms. The maximum atomic E-state index is 12.1. The number of fused-ring (bicyclic) bond motifs is 9. The number of non-ortho nitro benzene ring substituents is 6. The predicted molar refractivity (Wildman–Crippen MR) is 244 cm³/mol. The average Bonchev–Trinajstić information content (AvgIpc) is 3.96. The molecule has 0 N–H and O–H groups in total. The standard InChI is InChI=1S/C45H18N12O12/c46-19-34-43(49-37-7-1-22(52(58)59)13-28(37)29-14-23(53(60)61)2-8-38(29)49)35(20-47)45(51-41-11-5-26(56(66)67)17-32(41)33-18-27(57(68)69)6-12-42(33)51)36(21-48)44(34)50-39-9-3-24(54(62)63)15-30(39)31-16-25(55(64)65)4-10-40(31)50/h1-18H. The molecule has 10 aromatic rings. The first-order chi connectivity index (χ1) is 33.1. The molecule has 10 rings (SSSR count). The Bertz CT molecular complexity index is 3610. The van der Waals surface area contributed by atoms with E-state index in [9.17, 15) is 76.5 Å². The number of aromatic nitrogens is 3. The van der Waals surface area contributed by atoms with Gasteiger partial charge in [0.2, 0.25) is 0 Å². The molecule has 7 aromatic carbocycles. The van der Waals surface area contributed by atoms with Gasteiger partial charge in [0.05, 0.1) is 79.7 Å². The fraction of sp³-hybridized carbons (Fsp3) is 0. The molecule has 0 aliphatic rings. The minimum Gasteiger partial charge on any atom is -0.306 e. The highest BCUT2D eigenvalue weighted by atomic mass is 16.6. The highest BCUT2D eigenvalue weighted by Crippen LogP contribution is 2.47. The Labute approximate surface area is 379 Å². The third-order valence-electron chi connectivity index (χ3n) is 11.9. The van der Waals surface area contributed by atoms with E-state index in [0.29, 0.717) is 0 Å². The van der Waals surface area contributed by atoms with E-state index in [1.807, 2.05) is 0 Å². The molecule has 0 atom stereocenters. The first-order valence-electron chi connectivity index (χ1n) is 19.6. The number of nitro groups is 6. The molecule has 0 radical (unpaired) electrons. The van der Waals surface area contributed by atoms with Crippen LogP contribution in [0.25, 0.3) is 82.5 Å². The second-order valence-electron chi connectivity index (χ2n) is 15.3. The van der Waals surface area contributed by atoms with Gasteiger partial charge in [0.25, 0.3) is 34.1 Å². The van der Waals surface area contributed by atoms with Crippen molar-refractivity contribution in [3.8, 4) is 35.3 Å². The largest absolute Gasteiger partial charge is 0.306 e. The summed E-state index contributed by atoms with van der Waals surface area (Å²) in [6.07, 6.45) is 0. The van der Waals surface area contributed by atoms with Crippen LogP contribution < -0.4 is 0 Å². The van der Waals surface area contributed by atoms with E-state index in [0.717, 1.165) is 72.8 Å².